The fraction of sp³-hybridized carbons (Fsp3) is 0.708. The number of carbonyl (C=O) groups is 1. The van der Waals surface area contributed by atoms with E-state index in [0.717, 1.165) is 63.5 Å². The Morgan fingerprint density at radius 3 is 2.57 bits per heavy atom. The van der Waals surface area contributed by atoms with E-state index >= 15 is 0 Å². The van der Waals surface area contributed by atoms with Crippen molar-refractivity contribution >= 4 is 33.3 Å². The summed E-state index contributed by atoms with van der Waals surface area (Å²) in [6, 6.07) is 0. The van der Waals surface area contributed by atoms with Gasteiger partial charge in [0.05, 0.1) is 5.39 Å². The number of nitrogens with zero attached hydrogens (tertiary/aromatic N) is 4. The Labute approximate surface area is 184 Å². The summed E-state index contributed by atoms with van der Waals surface area (Å²) in [7, 11) is 0. The highest BCUT2D eigenvalue weighted by atomic mass is 32.1. The molecule has 0 unspecified atom stereocenters. The number of hydrogen-bond acceptors (Lipinski definition) is 5. The molecule has 30 heavy (non-hydrogen) atoms. The molecule has 5 nitrogen and oxygen atoms in total. The summed E-state index contributed by atoms with van der Waals surface area (Å²) in [4.78, 5) is 29.8. The lowest BCUT2D eigenvalue weighted by Gasteiger charge is -2.36. The Kier molecular flexibility index (Phi) is 6.91. The van der Waals surface area contributed by atoms with Gasteiger partial charge in [0.2, 0.25) is 5.91 Å². The first-order valence-electron chi connectivity index (χ1n) is 11.9. The predicted octanol–water partition coefficient (Wildman–Crippen LogP) is 5.00. The van der Waals surface area contributed by atoms with Crippen molar-refractivity contribution in [2.45, 2.75) is 78.6 Å². The Morgan fingerprint density at radius 2 is 1.83 bits per heavy atom. The van der Waals surface area contributed by atoms with Crippen molar-refractivity contribution in [3.63, 3.8) is 0 Å². The van der Waals surface area contributed by atoms with Gasteiger partial charge in [0.1, 0.15) is 16.5 Å². The lowest BCUT2D eigenvalue weighted by molar-refractivity contribution is -0.131. The van der Waals surface area contributed by atoms with Crippen LogP contribution in [-0.4, -0.2) is 47.0 Å². The molecule has 0 spiro atoms. The van der Waals surface area contributed by atoms with E-state index in [1.54, 1.807) is 0 Å². The number of aryl methyl sites for hydroxylation is 2. The quantitative estimate of drug-likeness (QED) is 0.608. The summed E-state index contributed by atoms with van der Waals surface area (Å²) < 4.78 is 0. The van der Waals surface area contributed by atoms with Crippen molar-refractivity contribution in [1.29, 1.82) is 0 Å². The van der Waals surface area contributed by atoms with Gasteiger partial charge in [-0.3, -0.25) is 4.79 Å². The van der Waals surface area contributed by atoms with Crippen LogP contribution in [0.4, 0.5) is 5.82 Å². The molecule has 0 aromatic carbocycles. The molecule has 0 bridgehead atoms. The van der Waals surface area contributed by atoms with Gasteiger partial charge >= 0.3 is 0 Å². The normalized spacial score (nSPS) is 17.5. The smallest absolute Gasteiger partial charge is 0.222 e. The zero-order valence-corrected chi connectivity index (χ0v) is 19.7. The number of rotatable bonds is 6. The predicted molar refractivity (Wildman–Crippen MR) is 126 cm³/mol. The van der Waals surface area contributed by atoms with E-state index in [0.29, 0.717) is 18.2 Å². The molecule has 2 aromatic rings. The summed E-state index contributed by atoms with van der Waals surface area (Å²) >= 11 is 1.90. The number of anilines is 1. The number of carbonyl (C=O) groups excluding carboxylic acids is 1. The summed E-state index contributed by atoms with van der Waals surface area (Å²) in [5.41, 5.74) is 1.51. The van der Waals surface area contributed by atoms with Crippen LogP contribution >= 0.6 is 11.3 Å². The van der Waals surface area contributed by atoms with E-state index in [-0.39, 0.29) is 0 Å². The minimum Gasteiger partial charge on any atom is -0.352 e. The molecule has 164 valence electrons. The number of hydrogen-bond donors (Lipinski definition) is 0. The fourth-order valence-corrected chi connectivity index (χ4v) is 5.97. The highest BCUT2D eigenvalue weighted by Crippen LogP contribution is 2.39. The van der Waals surface area contributed by atoms with Crippen LogP contribution in [0.25, 0.3) is 10.2 Å². The number of thiophene rings is 1. The van der Waals surface area contributed by atoms with Crippen LogP contribution in [0.5, 0.6) is 0 Å². The van der Waals surface area contributed by atoms with Gasteiger partial charge in [-0.25, -0.2) is 9.97 Å². The first-order chi connectivity index (χ1) is 14.6. The topological polar surface area (TPSA) is 49.3 Å². The van der Waals surface area contributed by atoms with Crippen LogP contribution in [0.15, 0.2) is 0 Å². The van der Waals surface area contributed by atoms with E-state index in [1.165, 1.54) is 46.3 Å². The largest absolute Gasteiger partial charge is 0.352 e. The van der Waals surface area contributed by atoms with Crippen LogP contribution in [0, 0.1) is 5.92 Å². The first-order valence-corrected chi connectivity index (χ1v) is 12.7. The van der Waals surface area contributed by atoms with Crippen molar-refractivity contribution in [1.82, 2.24) is 14.9 Å². The molecule has 1 aliphatic heterocycles. The van der Waals surface area contributed by atoms with Gasteiger partial charge in [-0.15, -0.1) is 11.3 Å². The first kappa shape index (κ1) is 21.5. The van der Waals surface area contributed by atoms with Crippen LogP contribution in [-0.2, 0) is 24.1 Å². The Morgan fingerprint density at radius 1 is 1.07 bits per heavy atom. The van der Waals surface area contributed by atoms with Crippen molar-refractivity contribution in [2.24, 2.45) is 5.92 Å². The monoisotopic (exact) mass is 428 g/mol. The van der Waals surface area contributed by atoms with Gasteiger partial charge < -0.3 is 9.80 Å². The second kappa shape index (κ2) is 9.63. The maximum absolute atomic E-state index is 12.5. The average Bonchev–Trinajstić information content (AvgIpc) is 2.92. The maximum atomic E-state index is 12.5. The minimum absolute atomic E-state index is 0.314. The van der Waals surface area contributed by atoms with E-state index in [2.05, 4.69) is 25.7 Å². The summed E-state index contributed by atoms with van der Waals surface area (Å²) in [6.45, 7) is 9.96. The van der Waals surface area contributed by atoms with Crippen LogP contribution in [0.1, 0.15) is 75.6 Å². The zero-order chi connectivity index (χ0) is 21.1. The lowest BCUT2D eigenvalue weighted by atomic mass is 10.1. The number of fused-ring (bicyclic) bond motifs is 3. The zero-order valence-electron chi connectivity index (χ0n) is 18.9. The maximum Gasteiger partial charge on any atom is 0.222 e. The SMILES string of the molecule is CCCCC(=O)N1CCN(c2nc(CC(C)C)nc3sc4c(c23)CCCCC4)CC1. The molecule has 0 atom stereocenters. The molecule has 0 saturated carbocycles. The molecule has 3 heterocycles. The van der Waals surface area contributed by atoms with Gasteiger partial charge in [0.15, 0.2) is 0 Å². The third kappa shape index (κ3) is 4.63. The van der Waals surface area contributed by atoms with Crippen molar-refractivity contribution < 1.29 is 4.79 Å². The third-order valence-corrected chi connectivity index (χ3v) is 7.54. The molecule has 1 fully saturated rings. The van der Waals surface area contributed by atoms with Crippen molar-refractivity contribution in [3.8, 4) is 0 Å². The van der Waals surface area contributed by atoms with E-state index < -0.39 is 0 Å². The standard InChI is InChI=1S/C24H36N4OS/c1-4-5-11-21(29)27-12-14-28(15-13-27)23-22-18-9-7-6-8-10-19(18)30-24(22)26-20(25-23)16-17(2)3/h17H,4-16H2,1-3H3. The van der Waals surface area contributed by atoms with E-state index in [1.807, 2.05) is 16.2 Å². The van der Waals surface area contributed by atoms with Gasteiger partial charge in [0.25, 0.3) is 0 Å². The number of aromatic nitrogens is 2. The number of unbranched alkanes of at least 4 members (excludes halogenated alkanes) is 1. The summed E-state index contributed by atoms with van der Waals surface area (Å²) in [6.07, 6.45) is 9.90. The van der Waals surface area contributed by atoms with Gasteiger partial charge in [-0.05, 0) is 43.6 Å². The van der Waals surface area contributed by atoms with Crippen LogP contribution < -0.4 is 4.90 Å². The van der Waals surface area contributed by atoms with E-state index in [9.17, 15) is 4.79 Å². The molecule has 4 rings (SSSR count). The second-order valence-corrected chi connectivity index (χ2v) is 10.4. The van der Waals surface area contributed by atoms with Crippen molar-refractivity contribution in [2.75, 3.05) is 31.1 Å². The molecule has 0 N–H and O–H groups in total. The molecular formula is C24H36N4OS. The Balaban J connectivity index is 1.63. The van der Waals surface area contributed by atoms with Crippen LogP contribution in [0.2, 0.25) is 0 Å². The van der Waals surface area contributed by atoms with E-state index in [4.69, 9.17) is 9.97 Å². The molecule has 2 aromatic heterocycles. The molecule has 0 radical (unpaired) electrons. The molecule has 2 aliphatic rings. The van der Waals surface area contributed by atoms with Gasteiger partial charge in [-0.2, -0.15) is 0 Å². The molecule has 1 saturated heterocycles. The van der Waals surface area contributed by atoms with Gasteiger partial charge in [-0.1, -0.05) is 33.6 Å². The second-order valence-electron chi connectivity index (χ2n) is 9.28. The Bertz CT molecular complexity index is 883. The Hall–Kier alpha value is -1.69. The fourth-order valence-electron chi connectivity index (χ4n) is 4.70. The molecule has 1 amide bonds. The molecule has 6 heteroatoms. The van der Waals surface area contributed by atoms with Gasteiger partial charge in [0, 0.05) is 43.9 Å². The minimum atomic E-state index is 0.314. The molecule has 1 aliphatic carbocycles. The summed E-state index contributed by atoms with van der Waals surface area (Å²) in [5, 5.41) is 1.31. The summed E-state index contributed by atoms with van der Waals surface area (Å²) in [5.74, 6) is 2.97. The number of amides is 1. The van der Waals surface area contributed by atoms with Crippen molar-refractivity contribution in [3.05, 3.63) is 16.3 Å². The third-order valence-electron chi connectivity index (χ3n) is 6.36. The number of piperazine rings is 1. The van der Waals surface area contributed by atoms with Crippen LogP contribution in [0.3, 0.4) is 0 Å². The highest BCUT2D eigenvalue weighted by molar-refractivity contribution is 7.19. The average molecular weight is 429 g/mol. The lowest BCUT2D eigenvalue weighted by Crippen LogP contribution is -2.49. The highest BCUT2D eigenvalue weighted by Gasteiger charge is 2.27. The molecular weight excluding hydrogens is 392 g/mol.